The summed E-state index contributed by atoms with van der Waals surface area (Å²) in [5.74, 6) is 1.18. The number of benzene rings is 2. The number of likely N-dealkylation sites (tertiary alicyclic amines) is 1. The average molecular weight is 400 g/mol. The summed E-state index contributed by atoms with van der Waals surface area (Å²) in [5.41, 5.74) is 1.84. The van der Waals surface area contributed by atoms with Crippen molar-refractivity contribution in [1.82, 2.24) is 10.2 Å². The molecule has 0 bridgehead atoms. The lowest BCUT2D eigenvalue weighted by molar-refractivity contribution is -0.123. The first-order valence-electron chi connectivity index (χ1n) is 10.00. The molecule has 0 saturated carbocycles. The van der Waals surface area contributed by atoms with Gasteiger partial charge in [-0.25, -0.2) is 4.39 Å². The quantitative estimate of drug-likeness (QED) is 0.734. The van der Waals surface area contributed by atoms with E-state index in [1.54, 1.807) is 26.4 Å². The molecule has 3 rings (SSSR count). The van der Waals surface area contributed by atoms with Crippen molar-refractivity contribution >= 4 is 5.91 Å². The molecule has 156 valence electrons. The van der Waals surface area contributed by atoms with Crippen LogP contribution in [0.1, 0.15) is 36.9 Å². The van der Waals surface area contributed by atoms with E-state index in [0.29, 0.717) is 12.3 Å². The van der Waals surface area contributed by atoms with Gasteiger partial charge < -0.3 is 14.8 Å². The minimum Gasteiger partial charge on any atom is -0.497 e. The van der Waals surface area contributed by atoms with Gasteiger partial charge in [0.1, 0.15) is 17.3 Å². The van der Waals surface area contributed by atoms with Crippen LogP contribution in [0.25, 0.3) is 0 Å². The standard InChI is InChI=1S/C23H29FN2O3/c1-16(21-14-20(28-2)9-10-22(21)29-3)25-23(27)15-26-11-5-8-19(26)13-17-6-4-7-18(24)12-17/h4,6-7,9-10,12,14,16,19H,5,8,11,13,15H2,1-3H3,(H,25,27). The number of halogens is 1. The number of amides is 1. The molecule has 1 saturated heterocycles. The number of carbonyl (C=O) groups is 1. The Kier molecular flexibility index (Phi) is 7.09. The van der Waals surface area contributed by atoms with Crippen molar-refractivity contribution < 1.29 is 18.7 Å². The fraction of sp³-hybridized carbons (Fsp3) is 0.435. The van der Waals surface area contributed by atoms with Crippen LogP contribution in [0.15, 0.2) is 42.5 Å². The summed E-state index contributed by atoms with van der Waals surface area (Å²) < 4.78 is 24.2. The van der Waals surface area contributed by atoms with Crippen molar-refractivity contribution in [2.45, 2.75) is 38.3 Å². The number of methoxy groups -OCH3 is 2. The molecule has 1 fully saturated rings. The molecule has 0 radical (unpaired) electrons. The molecule has 2 atom stereocenters. The van der Waals surface area contributed by atoms with Gasteiger partial charge in [-0.2, -0.15) is 0 Å². The Balaban J connectivity index is 1.61. The lowest BCUT2D eigenvalue weighted by Gasteiger charge is -2.25. The molecular weight excluding hydrogens is 371 g/mol. The van der Waals surface area contributed by atoms with E-state index in [-0.39, 0.29) is 23.8 Å². The smallest absolute Gasteiger partial charge is 0.234 e. The van der Waals surface area contributed by atoms with Crippen LogP contribution < -0.4 is 14.8 Å². The van der Waals surface area contributed by atoms with E-state index in [4.69, 9.17) is 9.47 Å². The fourth-order valence-corrected chi connectivity index (χ4v) is 4.00. The fourth-order valence-electron chi connectivity index (χ4n) is 4.00. The highest BCUT2D eigenvalue weighted by Crippen LogP contribution is 2.29. The van der Waals surface area contributed by atoms with E-state index in [9.17, 15) is 9.18 Å². The number of hydrogen-bond donors (Lipinski definition) is 1. The van der Waals surface area contributed by atoms with Gasteiger partial charge in [0.15, 0.2) is 0 Å². The highest BCUT2D eigenvalue weighted by Gasteiger charge is 2.27. The number of nitrogens with one attached hydrogen (secondary N) is 1. The predicted molar refractivity (Wildman–Crippen MR) is 111 cm³/mol. The van der Waals surface area contributed by atoms with Crippen LogP contribution in [0.3, 0.4) is 0 Å². The maximum absolute atomic E-state index is 13.5. The second kappa shape index (κ2) is 9.74. The Bertz CT molecular complexity index is 843. The molecule has 0 aromatic heterocycles. The minimum absolute atomic E-state index is 0.0338. The Morgan fingerprint density at radius 1 is 1.24 bits per heavy atom. The lowest BCUT2D eigenvalue weighted by atomic mass is 10.0. The molecule has 5 nitrogen and oxygen atoms in total. The molecular formula is C23H29FN2O3. The zero-order valence-electron chi connectivity index (χ0n) is 17.3. The first kappa shape index (κ1) is 21.1. The van der Waals surface area contributed by atoms with Crippen LogP contribution >= 0.6 is 0 Å². The Morgan fingerprint density at radius 2 is 2.07 bits per heavy atom. The van der Waals surface area contributed by atoms with Gasteiger partial charge in [-0.1, -0.05) is 12.1 Å². The Morgan fingerprint density at radius 3 is 2.79 bits per heavy atom. The summed E-state index contributed by atoms with van der Waals surface area (Å²) in [7, 11) is 3.22. The van der Waals surface area contributed by atoms with Crippen LogP contribution in [-0.2, 0) is 11.2 Å². The molecule has 1 heterocycles. The number of rotatable bonds is 8. The maximum Gasteiger partial charge on any atom is 0.234 e. The summed E-state index contributed by atoms with van der Waals surface area (Å²) in [5, 5.41) is 3.07. The second-order valence-corrected chi connectivity index (χ2v) is 7.50. The highest BCUT2D eigenvalue weighted by atomic mass is 19.1. The second-order valence-electron chi connectivity index (χ2n) is 7.50. The van der Waals surface area contributed by atoms with Gasteiger partial charge in [0.2, 0.25) is 5.91 Å². The zero-order valence-corrected chi connectivity index (χ0v) is 17.3. The summed E-state index contributed by atoms with van der Waals surface area (Å²) in [4.78, 5) is 14.9. The summed E-state index contributed by atoms with van der Waals surface area (Å²) in [6.07, 6.45) is 2.82. The Labute approximate surface area is 171 Å². The van der Waals surface area contributed by atoms with Gasteiger partial charge in [-0.3, -0.25) is 9.69 Å². The zero-order chi connectivity index (χ0) is 20.8. The van der Waals surface area contributed by atoms with Crippen molar-refractivity contribution in [3.05, 3.63) is 59.4 Å². The third-order valence-electron chi connectivity index (χ3n) is 5.49. The minimum atomic E-state index is -0.217. The largest absolute Gasteiger partial charge is 0.497 e. The molecule has 1 aliphatic heterocycles. The van der Waals surface area contributed by atoms with Crippen molar-refractivity contribution in [2.75, 3.05) is 27.3 Å². The molecule has 6 heteroatoms. The molecule has 2 unspecified atom stereocenters. The van der Waals surface area contributed by atoms with Crippen molar-refractivity contribution in [1.29, 1.82) is 0 Å². The van der Waals surface area contributed by atoms with Gasteiger partial charge in [0.05, 0.1) is 26.8 Å². The van der Waals surface area contributed by atoms with Crippen LogP contribution in [-0.4, -0.2) is 44.2 Å². The monoisotopic (exact) mass is 400 g/mol. The van der Waals surface area contributed by atoms with E-state index in [0.717, 1.165) is 42.7 Å². The van der Waals surface area contributed by atoms with Gasteiger partial charge in [0, 0.05) is 11.6 Å². The molecule has 29 heavy (non-hydrogen) atoms. The molecule has 0 aliphatic carbocycles. The van der Waals surface area contributed by atoms with Crippen molar-refractivity contribution in [2.24, 2.45) is 0 Å². The number of carbonyl (C=O) groups excluding carboxylic acids is 1. The van der Waals surface area contributed by atoms with Gasteiger partial charge in [0.25, 0.3) is 0 Å². The molecule has 0 spiro atoms. The van der Waals surface area contributed by atoms with Crippen molar-refractivity contribution in [3.8, 4) is 11.5 Å². The first-order valence-corrected chi connectivity index (χ1v) is 10.00. The van der Waals surface area contributed by atoms with E-state index in [1.165, 1.54) is 6.07 Å². The van der Waals surface area contributed by atoms with Crippen LogP contribution in [0, 0.1) is 5.82 Å². The molecule has 2 aromatic carbocycles. The molecule has 2 aromatic rings. The summed E-state index contributed by atoms with van der Waals surface area (Å²) >= 11 is 0. The third-order valence-corrected chi connectivity index (χ3v) is 5.49. The van der Waals surface area contributed by atoms with Crippen LogP contribution in [0.4, 0.5) is 4.39 Å². The number of nitrogens with zero attached hydrogens (tertiary/aromatic N) is 1. The average Bonchev–Trinajstić information content (AvgIpc) is 3.13. The molecule has 1 aliphatic rings. The van der Waals surface area contributed by atoms with Gasteiger partial charge >= 0.3 is 0 Å². The topological polar surface area (TPSA) is 50.8 Å². The highest BCUT2D eigenvalue weighted by molar-refractivity contribution is 5.78. The Hall–Kier alpha value is -2.60. The van der Waals surface area contributed by atoms with Gasteiger partial charge in [-0.05, 0) is 68.6 Å². The first-order chi connectivity index (χ1) is 14.0. The van der Waals surface area contributed by atoms with E-state index >= 15 is 0 Å². The SMILES string of the molecule is COc1ccc(OC)c(C(C)NC(=O)CN2CCCC2Cc2cccc(F)c2)c1. The third kappa shape index (κ3) is 5.48. The normalized spacial score (nSPS) is 17.7. The number of ether oxygens (including phenoxy) is 2. The molecule has 1 amide bonds. The van der Waals surface area contributed by atoms with E-state index in [2.05, 4.69) is 10.2 Å². The lowest BCUT2D eigenvalue weighted by Crippen LogP contribution is -2.41. The van der Waals surface area contributed by atoms with Crippen LogP contribution in [0.5, 0.6) is 11.5 Å². The summed E-state index contributed by atoms with van der Waals surface area (Å²) in [6, 6.07) is 12.3. The van der Waals surface area contributed by atoms with E-state index in [1.807, 2.05) is 31.2 Å². The summed E-state index contributed by atoms with van der Waals surface area (Å²) in [6.45, 7) is 3.14. The predicted octanol–water partition coefficient (Wildman–Crippen LogP) is 3.73. The maximum atomic E-state index is 13.5. The van der Waals surface area contributed by atoms with Crippen LogP contribution in [0.2, 0.25) is 0 Å². The van der Waals surface area contributed by atoms with Gasteiger partial charge in [-0.15, -0.1) is 0 Å². The molecule has 1 N–H and O–H groups in total. The van der Waals surface area contributed by atoms with E-state index < -0.39 is 0 Å². The van der Waals surface area contributed by atoms with Crippen molar-refractivity contribution in [3.63, 3.8) is 0 Å². The number of hydrogen-bond acceptors (Lipinski definition) is 4.